The Labute approximate surface area is 119 Å². The SMILES string of the molecule is CCN(CC)C(=O)C(C)Nc1cc(OC)ccc1Cl. The average Bonchev–Trinajstić information content (AvgIpc) is 2.42. The quantitative estimate of drug-likeness (QED) is 0.873. The molecular weight excluding hydrogens is 264 g/mol. The molecular formula is C14H21ClN2O2. The van der Waals surface area contributed by atoms with Gasteiger partial charge in [-0.05, 0) is 32.9 Å². The molecule has 5 heteroatoms. The summed E-state index contributed by atoms with van der Waals surface area (Å²) in [6, 6.07) is 4.99. The van der Waals surface area contributed by atoms with E-state index in [-0.39, 0.29) is 11.9 Å². The monoisotopic (exact) mass is 284 g/mol. The lowest BCUT2D eigenvalue weighted by Crippen LogP contribution is -2.41. The molecule has 1 aromatic rings. The van der Waals surface area contributed by atoms with Gasteiger partial charge in [-0.3, -0.25) is 4.79 Å². The molecule has 106 valence electrons. The first-order valence-electron chi connectivity index (χ1n) is 6.42. The molecule has 0 fully saturated rings. The number of carbonyl (C=O) groups excluding carboxylic acids is 1. The summed E-state index contributed by atoms with van der Waals surface area (Å²) in [6.45, 7) is 7.16. The lowest BCUT2D eigenvalue weighted by Gasteiger charge is -2.24. The van der Waals surface area contributed by atoms with Crippen molar-refractivity contribution < 1.29 is 9.53 Å². The van der Waals surface area contributed by atoms with Crippen molar-refractivity contribution in [2.75, 3.05) is 25.5 Å². The van der Waals surface area contributed by atoms with E-state index in [4.69, 9.17) is 16.3 Å². The smallest absolute Gasteiger partial charge is 0.244 e. The first-order chi connectivity index (χ1) is 9.03. The van der Waals surface area contributed by atoms with Crippen molar-refractivity contribution in [3.05, 3.63) is 23.2 Å². The highest BCUT2D eigenvalue weighted by molar-refractivity contribution is 6.33. The van der Waals surface area contributed by atoms with Crippen LogP contribution in [0, 0.1) is 0 Å². The standard InChI is InChI=1S/C14H21ClN2O2/c1-5-17(6-2)14(18)10(3)16-13-9-11(19-4)7-8-12(13)15/h7-10,16H,5-6H2,1-4H3. The molecule has 0 saturated carbocycles. The van der Waals surface area contributed by atoms with Crippen LogP contribution in [0.1, 0.15) is 20.8 Å². The number of halogens is 1. The van der Waals surface area contributed by atoms with E-state index in [0.717, 1.165) is 0 Å². The van der Waals surface area contributed by atoms with Gasteiger partial charge in [-0.15, -0.1) is 0 Å². The second-order valence-electron chi connectivity index (χ2n) is 4.22. The summed E-state index contributed by atoms with van der Waals surface area (Å²) < 4.78 is 5.15. The first kappa shape index (κ1) is 15.6. The Morgan fingerprint density at radius 3 is 2.58 bits per heavy atom. The van der Waals surface area contributed by atoms with Crippen LogP contribution in [0.2, 0.25) is 5.02 Å². The Balaban J connectivity index is 2.81. The van der Waals surface area contributed by atoms with Gasteiger partial charge in [-0.25, -0.2) is 0 Å². The Bertz CT molecular complexity index is 433. The largest absolute Gasteiger partial charge is 0.497 e. The van der Waals surface area contributed by atoms with E-state index in [1.165, 1.54) is 0 Å². The molecule has 0 radical (unpaired) electrons. The van der Waals surface area contributed by atoms with Crippen molar-refractivity contribution in [3.63, 3.8) is 0 Å². The molecule has 0 heterocycles. The minimum atomic E-state index is -0.329. The molecule has 0 aliphatic heterocycles. The number of hydrogen-bond acceptors (Lipinski definition) is 3. The first-order valence-corrected chi connectivity index (χ1v) is 6.80. The van der Waals surface area contributed by atoms with Gasteiger partial charge in [0.25, 0.3) is 0 Å². The summed E-state index contributed by atoms with van der Waals surface area (Å²) in [4.78, 5) is 13.9. The van der Waals surface area contributed by atoms with Crippen LogP contribution < -0.4 is 10.1 Å². The number of nitrogens with one attached hydrogen (secondary N) is 1. The van der Waals surface area contributed by atoms with Gasteiger partial charge in [-0.2, -0.15) is 0 Å². The van der Waals surface area contributed by atoms with E-state index in [0.29, 0.717) is 29.5 Å². The van der Waals surface area contributed by atoms with Gasteiger partial charge in [0.05, 0.1) is 17.8 Å². The third-order valence-corrected chi connectivity index (χ3v) is 3.32. The number of likely N-dealkylation sites (N-methyl/N-ethyl adjacent to an activating group) is 1. The number of ether oxygens (including phenoxy) is 1. The Morgan fingerprint density at radius 2 is 2.05 bits per heavy atom. The average molecular weight is 285 g/mol. The summed E-state index contributed by atoms with van der Waals surface area (Å²) in [5.74, 6) is 0.762. The molecule has 0 aromatic heterocycles. The van der Waals surface area contributed by atoms with Gasteiger partial charge in [-0.1, -0.05) is 11.6 Å². The topological polar surface area (TPSA) is 41.6 Å². The highest BCUT2D eigenvalue weighted by Gasteiger charge is 2.18. The Kier molecular flexibility index (Phi) is 5.96. The van der Waals surface area contributed by atoms with Crippen LogP contribution in [0.15, 0.2) is 18.2 Å². The fourth-order valence-electron chi connectivity index (χ4n) is 1.85. The van der Waals surface area contributed by atoms with Crippen molar-refractivity contribution in [1.82, 2.24) is 4.90 Å². The molecule has 1 N–H and O–H groups in total. The maximum atomic E-state index is 12.2. The molecule has 1 atom stereocenters. The van der Waals surface area contributed by atoms with Crippen LogP contribution in [-0.4, -0.2) is 37.0 Å². The number of amides is 1. The Morgan fingerprint density at radius 1 is 1.42 bits per heavy atom. The Hall–Kier alpha value is -1.42. The second kappa shape index (κ2) is 7.24. The zero-order valence-electron chi connectivity index (χ0n) is 11.9. The fraction of sp³-hybridized carbons (Fsp3) is 0.500. The van der Waals surface area contributed by atoms with Crippen molar-refractivity contribution in [3.8, 4) is 5.75 Å². The lowest BCUT2D eigenvalue weighted by atomic mass is 10.2. The third kappa shape index (κ3) is 4.03. The molecule has 19 heavy (non-hydrogen) atoms. The van der Waals surface area contributed by atoms with Gasteiger partial charge in [0, 0.05) is 19.2 Å². The predicted molar refractivity (Wildman–Crippen MR) is 79.0 cm³/mol. The van der Waals surface area contributed by atoms with Crippen LogP contribution in [0.5, 0.6) is 5.75 Å². The summed E-state index contributed by atoms with van der Waals surface area (Å²) in [5, 5.41) is 3.70. The minimum Gasteiger partial charge on any atom is -0.497 e. The third-order valence-electron chi connectivity index (χ3n) is 2.99. The van der Waals surface area contributed by atoms with Gasteiger partial charge in [0.1, 0.15) is 11.8 Å². The zero-order valence-corrected chi connectivity index (χ0v) is 12.6. The van der Waals surface area contributed by atoms with E-state index >= 15 is 0 Å². The van der Waals surface area contributed by atoms with Crippen LogP contribution >= 0.6 is 11.6 Å². The summed E-state index contributed by atoms with van der Waals surface area (Å²) in [5.41, 5.74) is 0.703. The maximum Gasteiger partial charge on any atom is 0.244 e. The highest BCUT2D eigenvalue weighted by Crippen LogP contribution is 2.27. The zero-order chi connectivity index (χ0) is 14.4. The van der Waals surface area contributed by atoms with Crippen molar-refractivity contribution in [2.24, 2.45) is 0 Å². The number of nitrogens with zero attached hydrogens (tertiary/aromatic N) is 1. The molecule has 0 saturated heterocycles. The molecule has 0 spiro atoms. The van der Waals surface area contributed by atoms with Gasteiger partial charge >= 0.3 is 0 Å². The molecule has 0 aliphatic rings. The van der Waals surface area contributed by atoms with E-state index < -0.39 is 0 Å². The maximum absolute atomic E-state index is 12.2. The van der Waals surface area contributed by atoms with Crippen LogP contribution in [0.3, 0.4) is 0 Å². The number of methoxy groups -OCH3 is 1. The van der Waals surface area contributed by atoms with E-state index in [1.807, 2.05) is 20.8 Å². The van der Waals surface area contributed by atoms with Crippen molar-refractivity contribution in [2.45, 2.75) is 26.8 Å². The summed E-state index contributed by atoms with van der Waals surface area (Å²) >= 11 is 6.11. The van der Waals surface area contributed by atoms with Crippen LogP contribution in [0.4, 0.5) is 5.69 Å². The van der Waals surface area contributed by atoms with Gasteiger partial charge < -0.3 is 15.0 Å². The summed E-state index contributed by atoms with van der Waals surface area (Å²) in [6.07, 6.45) is 0. The second-order valence-corrected chi connectivity index (χ2v) is 4.63. The lowest BCUT2D eigenvalue weighted by molar-refractivity contribution is -0.131. The van der Waals surface area contributed by atoms with Crippen molar-refractivity contribution >= 4 is 23.2 Å². The van der Waals surface area contributed by atoms with Crippen LogP contribution in [0.25, 0.3) is 0 Å². The normalized spacial score (nSPS) is 11.8. The van der Waals surface area contributed by atoms with Crippen LogP contribution in [-0.2, 0) is 4.79 Å². The number of benzene rings is 1. The van der Waals surface area contributed by atoms with E-state index in [1.54, 1.807) is 30.2 Å². The summed E-state index contributed by atoms with van der Waals surface area (Å²) in [7, 11) is 1.59. The van der Waals surface area contributed by atoms with E-state index in [2.05, 4.69) is 5.32 Å². The molecule has 1 unspecified atom stereocenters. The predicted octanol–water partition coefficient (Wildman–Crippen LogP) is 3.02. The number of rotatable bonds is 6. The highest BCUT2D eigenvalue weighted by atomic mass is 35.5. The van der Waals surface area contributed by atoms with E-state index in [9.17, 15) is 4.79 Å². The molecule has 0 bridgehead atoms. The van der Waals surface area contributed by atoms with Gasteiger partial charge in [0.15, 0.2) is 0 Å². The minimum absolute atomic E-state index is 0.0592. The van der Waals surface area contributed by atoms with Gasteiger partial charge in [0.2, 0.25) is 5.91 Å². The molecule has 0 aliphatic carbocycles. The number of hydrogen-bond donors (Lipinski definition) is 1. The fourth-order valence-corrected chi connectivity index (χ4v) is 2.02. The molecule has 4 nitrogen and oxygen atoms in total. The molecule has 1 rings (SSSR count). The molecule has 1 aromatic carbocycles. The number of carbonyl (C=O) groups is 1. The molecule has 1 amide bonds. The van der Waals surface area contributed by atoms with Crippen molar-refractivity contribution in [1.29, 1.82) is 0 Å². The number of anilines is 1.